The van der Waals surface area contributed by atoms with Crippen LogP contribution in [0, 0.1) is 0 Å². The number of hydrogen-bond acceptors (Lipinski definition) is 4. The largest absolute Gasteiger partial charge is 0.451 e. The fourth-order valence-electron chi connectivity index (χ4n) is 2.87. The van der Waals surface area contributed by atoms with Crippen LogP contribution in [0.5, 0.6) is 0 Å². The summed E-state index contributed by atoms with van der Waals surface area (Å²) in [5.41, 5.74) is 2.69. The SMILES string of the molecule is COCc1c(C(=O)NCc2ccc(COCC(F)(F)F)cc2)oc2ccccc12. The van der Waals surface area contributed by atoms with Crippen LogP contribution in [0.3, 0.4) is 0 Å². The fourth-order valence-corrected chi connectivity index (χ4v) is 2.87. The molecule has 3 aromatic rings. The summed E-state index contributed by atoms with van der Waals surface area (Å²) in [5, 5.41) is 3.61. The van der Waals surface area contributed by atoms with Gasteiger partial charge in [-0.25, -0.2) is 0 Å². The number of nitrogens with one attached hydrogen (secondary N) is 1. The molecule has 1 heterocycles. The standard InChI is InChI=1S/C21H20F3NO4/c1-27-12-17-16-4-2-3-5-18(16)29-19(17)20(26)25-10-14-6-8-15(9-7-14)11-28-13-21(22,23)24/h2-9H,10-13H2,1H3,(H,25,26). The first kappa shape index (κ1) is 20.9. The van der Waals surface area contributed by atoms with Crippen LogP contribution in [-0.4, -0.2) is 25.8 Å². The van der Waals surface area contributed by atoms with Crippen LogP contribution in [0.4, 0.5) is 13.2 Å². The van der Waals surface area contributed by atoms with Gasteiger partial charge in [-0.05, 0) is 17.2 Å². The van der Waals surface area contributed by atoms with Gasteiger partial charge in [0.15, 0.2) is 5.76 Å². The van der Waals surface area contributed by atoms with E-state index >= 15 is 0 Å². The number of carbonyl (C=O) groups is 1. The van der Waals surface area contributed by atoms with Crippen LogP contribution in [0.15, 0.2) is 52.9 Å². The molecule has 0 atom stereocenters. The average molecular weight is 407 g/mol. The third kappa shape index (κ3) is 5.58. The summed E-state index contributed by atoms with van der Waals surface area (Å²) in [6.07, 6.45) is -4.34. The Balaban J connectivity index is 1.61. The van der Waals surface area contributed by atoms with Gasteiger partial charge < -0.3 is 19.2 Å². The molecule has 154 valence electrons. The number of furan rings is 1. The molecule has 8 heteroatoms. The van der Waals surface area contributed by atoms with Gasteiger partial charge in [0, 0.05) is 24.6 Å². The first-order valence-corrected chi connectivity index (χ1v) is 8.87. The maximum absolute atomic E-state index is 12.6. The number of para-hydroxylation sites is 1. The number of alkyl halides is 3. The Bertz CT molecular complexity index is 964. The molecule has 5 nitrogen and oxygen atoms in total. The molecule has 0 unspecified atom stereocenters. The van der Waals surface area contributed by atoms with E-state index in [4.69, 9.17) is 9.15 Å². The molecule has 0 radical (unpaired) electrons. The molecular formula is C21H20F3NO4. The molecule has 0 aliphatic rings. The van der Waals surface area contributed by atoms with Gasteiger partial charge in [0.1, 0.15) is 12.2 Å². The molecule has 0 fully saturated rings. The predicted molar refractivity (Wildman–Crippen MR) is 100 cm³/mol. The summed E-state index contributed by atoms with van der Waals surface area (Å²) in [4.78, 5) is 12.6. The van der Waals surface area contributed by atoms with Crippen molar-refractivity contribution in [3.8, 4) is 0 Å². The molecule has 2 aromatic carbocycles. The number of amides is 1. The van der Waals surface area contributed by atoms with E-state index < -0.39 is 12.8 Å². The van der Waals surface area contributed by atoms with E-state index in [0.29, 0.717) is 16.7 Å². The molecule has 1 amide bonds. The van der Waals surface area contributed by atoms with Crippen molar-refractivity contribution in [3.63, 3.8) is 0 Å². The van der Waals surface area contributed by atoms with Crippen molar-refractivity contribution < 1.29 is 31.9 Å². The number of carbonyl (C=O) groups excluding carboxylic acids is 1. The minimum absolute atomic E-state index is 0.133. The summed E-state index contributed by atoms with van der Waals surface area (Å²) in [7, 11) is 1.55. The molecule has 29 heavy (non-hydrogen) atoms. The van der Waals surface area contributed by atoms with E-state index in [2.05, 4.69) is 10.1 Å². The minimum Gasteiger partial charge on any atom is -0.451 e. The molecule has 3 rings (SSSR count). The zero-order valence-electron chi connectivity index (χ0n) is 15.7. The van der Waals surface area contributed by atoms with Crippen LogP contribution < -0.4 is 5.32 Å². The fraction of sp³-hybridized carbons (Fsp3) is 0.286. The Morgan fingerprint density at radius 3 is 2.41 bits per heavy atom. The number of fused-ring (bicyclic) bond motifs is 1. The molecule has 0 aliphatic carbocycles. The maximum atomic E-state index is 12.6. The second kappa shape index (κ2) is 9.11. The van der Waals surface area contributed by atoms with Gasteiger partial charge >= 0.3 is 6.18 Å². The number of benzene rings is 2. The van der Waals surface area contributed by atoms with Crippen molar-refractivity contribution >= 4 is 16.9 Å². The molecule has 0 saturated heterocycles. The van der Waals surface area contributed by atoms with Gasteiger partial charge in [0.2, 0.25) is 0 Å². The first-order chi connectivity index (χ1) is 13.9. The monoisotopic (exact) mass is 407 g/mol. The third-order valence-corrected chi connectivity index (χ3v) is 4.20. The van der Waals surface area contributed by atoms with Gasteiger partial charge in [-0.3, -0.25) is 4.79 Å². The number of methoxy groups -OCH3 is 1. The highest BCUT2D eigenvalue weighted by Gasteiger charge is 2.27. The third-order valence-electron chi connectivity index (χ3n) is 4.20. The van der Waals surface area contributed by atoms with E-state index in [9.17, 15) is 18.0 Å². The van der Waals surface area contributed by atoms with E-state index in [1.807, 2.05) is 18.2 Å². The molecule has 1 aromatic heterocycles. The van der Waals surface area contributed by atoms with Crippen LogP contribution >= 0.6 is 0 Å². The Morgan fingerprint density at radius 1 is 1.03 bits per heavy atom. The molecule has 0 spiro atoms. The predicted octanol–water partition coefficient (Wildman–Crippen LogP) is 4.59. The van der Waals surface area contributed by atoms with Gasteiger partial charge in [0.05, 0.1) is 13.2 Å². The molecule has 0 aliphatic heterocycles. The summed E-state index contributed by atoms with van der Waals surface area (Å²) in [6, 6.07) is 14.1. The van der Waals surface area contributed by atoms with Crippen LogP contribution in [-0.2, 0) is 29.2 Å². The van der Waals surface area contributed by atoms with Crippen molar-refractivity contribution in [2.24, 2.45) is 0 Å². The molecular weight excluding hydrogens is 387 g/mol. The topological polar surface area (TPSA) is 60.7 Å². The highest BCUT2D eigenvalue weighted by atomic mass is 19.4. The van der Waals surface area contributed by atoms with Crippen LogP contribution in [0.25, 0.3) is 11.0 Å². The lowest BCUT2D eigenvalue weighted by atomic mass is 10.1. The molecule has 1 N–H and O–H groups in total. The molecule has 0 bridgehead atoms. The Morgan fingerprint density at radius 2 is 1.72 bits per heavy atom. The zero-order valence-corrected chi connectivity index (χ0v) is 15.7. The summed E-state index contributed by atoms with van der Waals surface area (Å²) >= 11 is 0. The second-order valence-corrected chi connectivity index (χ2v) is 6.45. The first-order valence-electron chi connectivity index (χ1n) is 8.87. The van der Waals surface area contributed by atoms with E-state index in [0.717, 1.165) is 10.9 Å². The minimum atomic E-state index is -4.34. The normalized spacial score (nSPS) is 11.7. The second-order valence-electron chi connectivity index (χ2n) is 6.45. The van der Waals surface area contributed by atoms with Gasteiger partial charge in [-0.2, -0.15) is 13.2 Å². The summed E-state index contributed by atoms with van der Waals surface area (Å²) in [5.74, 6) is -0.170. The summed E-state index contributed by atoms with van der Waals surface area (Å²) in [6.45, 7) is -0.935. The van der Waals surface area contributed by atoms with Crippen LogP contribution in [0.1, 0.15) is 27.2 Å². The van der Waals surface area contributed by atoms with Gasteiger partial charge in [-0.15, -0.1) is 0 Å². The number of hydrogen-bond donors (Lipinski definition) is 1. The molecule has 0 saturated carbocycles. The zero-order chi connectivity index (χ0) is 20.9. The van der Waals surface area contributed by atoms with Crippen molar-refractivity contribution in [2.75, 3.05) is 13.7 Å². The van der Waals surface area contributed by atoms with E-state index in [1.165, 1.54) is 0 Å². The Labute approximate surface area is 165 Å². The lowest BCUT2D eigenvalue weighted by Gasteiger charge is -2.09. The van der Waals surface area contributed by atoms with Crippen molar-refractivity contribution in [3.05, 3.63) is 71.0 Å². The Hall–Kier alpha value is -2.84. The number of halogens is 3. The number of rotatable bonds is 8. The maximum Gasteiger partial charge on any atom is 0.411 e. The summed E-state index contributed by atoms with van der Waals surface area (Å²) < 4.78 is 51.8. The van der Waals surface area contributed by atoms with E-state index in [-0.39, 0.29) is 31.4 Å². The lowest BCUT2D eigenvalue weighted by molar-refractivity contribution is -0.176. The van der Waals surface area contributed by atoms with Crippen molar-refractivity contribution in [1.29, 1.82) is 0 Å². The van der Waals surface area contributed by atoms with Gasteiger partial charge in [0.25, 0.3) is 5.91 Å². The van der Waals surface area contributed by atoms with E-state index in [1.54, 1.807) is 37.4 Å². The highest BCUT2D eigenvalue weighted by Crippen LogP contribution is 2.26. The van der Waals surface area contributed by atoms with Crippen LogP contribution in [0.2, 0.25) is 0 Å². The average Bonchev–Trinajstić information content (AvgIpc) is 3.05. The smallest absolute Gasteiger partial charge is 0.411 e. The highest BCUT2D eigenvalue weighted by molar-refractivity contribution is 5.99. The Kier molecular flexibility index (Phi) is 6.56. The van der Waals surface area contributed by atoms with Crippen molar-refractivity contribution in [2.45, 2.75) is 25.9 Å². The quantitative estimate of drug-likeness (QED) is 0.594. The van der Waals surface area contributed by atoms with Gasteiger partial charge in [-0.1, -0.05) is 42.5 Å². The lowest BCUT2D eigenvalue weighted by Crippen LogP contribution is -2.23. The van der Waals surface area contributed by atoms with Crippen molar-refractivity contribution in [1.82, 2.24) is 5.32 Å². The number of ether oxygens (including phenoxy) is 2.